The molecule has 0 aliphatic carbocycles. The lowest BCUT2D eigenvalue weighted by atomic mass is 9.99. The van der Waals surface area contributed by atoms with Crippen LogP contribution in [0.3, 0.4) is 0 Å². The fourth-order valence-corrected chi connectivity index (χ4v) is 2.70. The van der Waals surface area contributed by atoms with Crippen LogP contribution in [-0.2, 0) is 16.1 Å². The molecule has 144 valence electrons. The van der Waals surface area contributed by atoms with Crippen molar-refractivity contribution in [1.82, 2.24) is 4.90 Å². The van der Waals surface area contributed by atoms with Crippen LogP contribution in [0.25, 0.3) is 0 Å². The maximum absolute atomic E-state index is 12.9. The summed E-state index contributed by atoms with van der Waals surface area (Å²) in [5, 5.41) is 19.8. The number of carboxylic acid groups (broad SMARTS) is 1. The molecule has 0 heterocycles. The minimum absolute atomic E-state index is 0.0969. The molecule has 0 radical (unpaired) electrons. The molecule has 6 nitrogen and oxygen atoms in total. The molecule has 2 aromatic rings. The largest absolute Gasteiger partial charge is 0.479 e. The Morgan fingerprint density at radius 2 is 1.52 bits per heavy atom. The Morgan fingerprint density at radius 3 is 2.00 bits per heavy atom. The molecule has 0 saturated carbocycles. The standard InChI is InChI=1S/C21H25NO5/c1-21(2,3)27-20(26)22(14-15-10-6-4-7-11-15)17(18(23)19(24)25)16-12-8-5-9-13-16/h4-13,17-18,23H,14H2,1-3H3,(H,24,25)/t17-,18+/m0/s1. The van der Waals surface area contributed by atoms with Crippen LogP contribution >= 0.6 is 0 Å². The van der Waals surface area contributed by atoms with Crippen LogP contribution in [0.15, 0.2) is 60.7 Å². The second-order valence-electron chi connectivity index (χ2n) is 7.23. The second kappa shape index (κ2) is 8.68. The van der Waals surface area contributed by atoms with Gasteiger partial charge >= 0.3 is 12.1 Å². The molecule has 2 rings (SSSR count). The Bertz CT molecular complexity index is 755. The van der Waals surface area contributed by atoms with E-state index in [1.54, 1.807) is 51.1 Å². The van der Waals surface area contributed by atoms with Gasteiger partial charge in [-0.25, -0.2) is 9.59 Å². The minimum Gasteiger partial charge on any atom is -0.479 e. The molecular weight excluding hydrogens is 346 g/mol. The molecule has 2 N–H and O–H groups in total. The van der Waals surface area contributed by atoms with Crippen molar-refractivity contribution >= 4 is 12.1 Å². The number of hydrogen-bond acceptors (Lipinski definition) is 4. The van der Waals surface area contributed by atoms with Crippen molar-refractivity contribution in [2.75, 3.05) is 0 Å². The number of rotatable bonds is 6. The lowest BCUT2D eigenvalue weighted by Gasteiger charge is -2.35. The van der Waals surface area contributed by atoms with Crippen molar-refractivity contribution in [1.29, 1.82) is 0 Å². The summed E-state index contributed by atoms with van der Waals surface area (Å²) in [7, 11) is 0. The number of aliphatic hydroxyl groups excluding tert-OH is 1. The highest BCUT2D eigenvalue weighted by Gasteiger charge is 2.37. The predicted molar refractivity (Wildman–Crippen MR) is 101 cm³/mol. The van der Waals surface area contributed by atoms with E-state index in [9.17, 15) is 19.8 Å². The van der Waals surface area contributed by atoms with Crippen LogP contribution in [0.4, 0.5) is 4.79 Å². The van der Waals surface area contributed by atoms with E-state index in [-0.39, 0.29) is 6.54 Å². The maximum atomic E-state index is 12.9. The third-order valence-electron chi connectivity index (χ3n) is 3.85. The predicted octanol–water partition coefficient (Wildman–Crippen LogP) is 3.61. The molecule has 2 atom stereocenters. The summed E-state index contributed by atoms with van der Waals surface area (Å²) in [6, 6.07) is 16.7. The Morgan fingerprint density at radius 1 is 1.00 bits per heavy atom. The molecule has 0 aliphatic rings. The van der Waals surface area contributed by atoms with E-state index in [0.29, 0.717) is 5.56 Å². The summed E-state index contributed by atoms with van der Waals surface area (Å²) < 4.78 is 5.49. The van der Waals surface area contributed by atoms with Crippen LogP contribution in [0.2, 0.25) is 0 Å². The SMILES string of the molecule is CC(C)(C)OC(=O)N(Cc1ccccc1)[C@@H](c1ccccc1)[C@@H](O)C(=O)O. The zero-order chi connectivity index (χ0) is 20.0. The van der Waals surface area contributed by atoms with Gasteiger partial charge in [0, 0.05) is 6.54 Å². The molecule has 6 heteroatoms. The number of nitrogens with zero attached hydrogens (tertiary/aromatic N) is 1. The third-order valence-corrected chi connectivity index (χ3v) is 3.85. The smallest absolute Gasteiger partial charge is 0.411 e. The van der Waals surface area contributed by atoms with Crippen molar-refractivity contribution in [2.45, 2.75) is 45.1 Å². The first-order valence-electron chi connectivity index (χ1n) is 8.68. The zero-order valence-corrected chi connectivity index (χ0v) is 15.7. The Labute approximate surface area is 159 Å². The molecule has 0 unspecified atom stereocenters. The highest BCUT2D eigenvalue weighted by molar-refractivity contribution is 5.76. The fraction of sp³-hybridized carbons (Fsp3) is 0.333. The van der Waals surface area contributed by atoms with Gasteiger partial charge in [0.25, 0.3) is 0 Å². The van der Waals surface area contributed by atoms with Crippen LogP contribution in [0.1, 0.15) is 37.9 Å². The lowest BCUT2D eigenvalue weighted by Crippen LogP contribution is -2.45. The van der Waals surface area contributed by atoms with Gasteiger partial charge in [-0.2, -0.15) is 0 Å². The average Bonchev–Trinajstić information content (AvgIpc) is 2.61. The van der Waals surface area contributed by atoms with Gasteiger partial charge in [0.1, 0.15) is 5.60 Å². The fourth-order valence-electron chi connectivity index (χ4n) is 2.70. The molecule has 0 spiro atoms. The molecule has 1 amide bonds. The summed E-state index contributed by atoms with van der Waals surface area (Å²) in [4.78, 5) is 25.7. The quantitative estimate of drug-likeness (QED) is 0.810. The number of ether oxygens (including phenoxy) is 1. The molecule has 2 aromatic carbocycles. The van der Waals surface area contributed by atoms with E-state index >= 15 is 0 Å². The van der Waals surface area contributed by atoms with Crippen molar-refractivity contribution in [3.8, 4) is 0 Å². The Balaban J connectivity index is 2.48. The van der Waals surface area contributed by atoms with Gasteiger partial charge in [-0.3, -0.25) is 4.90 Å². The van der Waals surface area contributed by atoms with Crippen molar-refractivity contribution in [3.63, 3.8) is 0 Å². The van der Waals surface area contributed by atoms with Crippen molar-refractivity contribution in [2.24, 2.45) is 0 Å². The van der Waals surface area contributed by atoms with E-state index in [0.717, 1.165) is 5.56 Å². The summed E-state index contributed by atoms with van der Waals surface area (Å²) in [6.45, 7) is 5.30. The Hall–Kier alpha value is -2.86. The van der Waals surface area contributed by atoms with E-state index in [1.807, 2.05) is 30.3 Å². The first-order chi connectivity index (χ1) is 12.7. The molecule has 0 aromatic heterocycles. The minimum atomic E-state index is -1.80. The zero-order valence-electron chi connectivity index (χ0n) is 15.7. The highest BCUT2D eigenvalue weighted by Crippen LogP contribution is 2.28. The number of carbonyl (C=O) groups excluding carboxylic acids is 1. The molecular formula is C21H25NO5. The van der Waals surface area contributed by atoms with Gasteiger partial charge in [-0.1, -0.05) is 60.7 Å². The van der Waals surface area contributed by atoms with Gasteiger partial charge in [-0.05, 0) is 31.9 Å². The van der Waals surface area contributed by atoms with Gasteiger partial charge in [-0.15, -0.1) is 0 Å². The number of benzene rings is 2. The highest BCUT2D eigenvalue weighted by atomic mass is 16.6. The van der Waals surface area contributed by atoms with Gasteiger partial charge in [0.05, 0.1) is 6.04 Å². The number of carboxylic acids is 1. The molecule has 27 heavy (non-hydrogen) atoms. The van der Waals surface area contributed by atoms with E-state index in [4.69, 9.17) is 4.74 Å². The summed E-state index contributed by atoms with van der Waals surface area (Å²) in [5.41, 5.74) is 0.539. The Kier molecular flexibility index (Phi) is 6.58. The molecule has 0 bridgehead atoms. The normalized spacial score (nSPS) is 13.5. The van der Waals surface area contributed by atoms with Crippen LogP contribution in [0.5, 0.6) is 0 Å². The van der Waals surface area contributed by atoms with Gasteiger partial charge < -0.3 is 14.9 Å². The maximum Gasteiger partial charge on any atom is 0.411 e. The van der Waals surface area contributed by atoms with E-state index in [2.05, 4.69) is 0 Å². The molecule has 0 saturated heterocycles. The lowest BCUT2D eigenvalue weighted by molar-refractivity contribution is -0.150. The average molecular weight is 371 g/mol. The first-order valence-corrected chi connectivity index (χ1v) is 8.68. The number of carbonyl (C=O) groups is 2. The monoisotopic (exact) mass is 371 g/mol. The third kappa shape index (κ3) is 5.82. The second-order valence-corrected chi connectivity index (χ2v) is 7.23. The summed E-state index contributed by atoms with van der Waals surface area (Å²) in [5.74, 6) is -1.41. The number of amides is 1. The van der Waals surface area contributed by atoms with Gasteiger partial charge in [0.15, 0.2) is 6.10 Å². The van der Waals surface area contributed by atoms with Crippen molar-refractivity contribution in [3.05, 3.63) is 71.8 Å². The van der Waals surface area contributed by atoms with Crippen molar-refractivity contribution < 1.29 is 24.5 Å². The first kappa shape index (κ1) is 20.5. The summed E-state index contributed by atoms with van der Waals surface area (Å²) >= 11 is 0. The van der Waals surface area contributed by atoms with Crippen LogP contribution < -0.4 is 0 Å². The van der Waals surface area contributed by atoms with Crippen LogP contribution in [-0.4, -0.2) is 38.9 Å². The van der Waals surface area contributed by atoms with Gasteiger partial charge in [0.2, 0.25) is 0 Å². The molecule has 0 aliphatic heterocycles. The number of aliphatic carboxylic acids is 1. The number of aliphatic hydroxyl groups is 1. The summed E-state index contributed by atoms with van der Waals surface area (Å²) in [6.07, 6.45) is -2.50. The molecule has 0 fully saturated rings. The topological polar surface area (TPSA) is 87.1 Å². The van der Waals surface area contributed by atoms with E-state index in [1.165, 1.54) is 4.90 Å². The van der Waals surface area contributed by atoms with Crippen LogP contribution in [0, 0.1) is 0 Å². The van der Waals surface area contributed by atoms with E-state index < -0.39 is 29.8 Å². The number of hydrogen-bond donors (Lipinski definition) is 2.